The van der Waals surface area contributed by atoms with Gasteiger partial charge in [0.05, 0.1) is 118 Å². The number of halogens is 2. The second-order valence-electron chi connectivity index (χ2n) is 35.4. The second-order valence-corrected chi connectivity index (χ2v) is 36.9. The Balaban J connectivity index is 1.07. The number of allylic oxidation sites excluding steroid dienone is 8. The van der Waals surface area contributed by atoms with E-state index in [1.807, 2.05) is 55.5 Å². The van der Waals surface area contributed by atoms with Gasteiger partial charge in [0.2, 0.25) is 0 Å². The van der Waals surface area contributed by atoms with Crippen molar-refractivity contribution >= 4 is 138 Å². The summed E-state index contributed by atoms with van der Waals surface area (Å²) in [6.45, 7) is 41.7. The molecule has 0 fully saturated rings. The highest BCUT2D eigenvalue weighted by atomic mass is 79.9. The van der Waals surface area contributed by atoms with Gasteiger partial charge in [-0.3, -0.25) is 45.4 Å². The van der Waals surface area contributed by atoms with Crippen LogP contribution in [0.1, 0.15) is 277 Å². The van der Waals surface area contributed by atoms with E-state index in [4.69, 9.17) is 19.9 Å². The standard InChI is InChI=1S/C112H116Br2N12O8/c1-20-36-60(21-2)97-89(61-37-47-67(48-38-61)123(127)128)98-71(22-3)75(26-7)105(116-98)93(106-76(27-8)72(23-4)99(117-106)90(62-39-49-68(50-40-62)124(129)130)102-79(30-11)82(33-14)109(120-102)95(113)59(17)115-97)65-45-55-85-86-56-46-66(58-88(86)112(18,19)87(85)57-65)94-107-77(28-9)73(24-5)100(118-107)91(63-41-51-69(52-42-63)125(131)132)103-80(31-12)83(34-15)110(121-103)96(114)111-84(35-16)81(32-13)104(122-111)92(64-43-53-70(54-44-64)126(133)134)101-74(25-6)78(29-10)108(94)119-101/h36-58,116,118,120,122H,20-35H2,1-19H3/b60-36+,95-59?,97-89?,98-89?,99-90?,100-91?,101-92?,102-90?,103-91?,104-92?,105-93?,106-93?,107-94?,108-94?,109-95?,110-96?,111-96?,115-59?,115-97?. The zero-order chi connectivity index (χ0) is 95.6. The number of nitrogens with zero attached hydrogens (tertiary/aromatic N) is 8. The van der Waals surface area contributed by atoms with Crippen molar-refractivity contribution < 1.29 is 19.7 Å². The monoisotopic (exact) mass is 1910 g/mol. The highest BCUT2D eigenvalue weighted by Crippen LogP contribution is 2.57. The van der Waals surface area contributed by atoms with Gasteiger partial charge in [-0.05, 0) is 341 Å². The Kier molecular flexibility index (Phi) is 26.9. The second kappa shape index (κ2) is 38.2. The highest BCUT2D eigenvalue weighted by molar-refractivity contribution is 9.11. The fourth-order valence-electron chi connectivity index (χ4n) is 22.1. The van der Waals surface area contributed by atoms with E-state index in [0.29, 0.717) is 108 Å². The third kappa shape index (κ3) is 15.6. The number of nitro benzene ring substituents is 4. The third-order valence-corrected chi connectivity index (χ3v) is 30.1. The smallest absolute Gasteiger partial charge is 0.269 e. The van der Waals surface area contributed by atoms with E-state index in [1.54, 1.807) is 48.5 Å². The number of non-ortho nitro benzene ring substituents is 4. The summed E-state index contributed by atoms with van der Waals surface area (Å²) in [6, 6.07) is 41.6. The molecular formula is C112H116Br2N12O8. The molecule has 4 aliphatic rings. The average molecular weight is 1920 g/mol. The zero-order valence-corrected chi connectivity index (χ0v) is 83.4. The van der Waals surface area contributed by atoms with E-state index in [-0.39, 0.29) is 42.4 Å². The number of fused-ring (bicyclic) bond motifs is 17. The SMILES string of the molecule is CC/C=C(\CC)c1nc(C)c(Br)c2[nH]c(c(CC)c2CC)c(-c2ccc([N+](=O)[O-])cc2)c2nc(c(-c3ccc4c(c3)C(C)(C)c3cc(-c5c6nc(c(-c7ccc([N+](=O)[O-])cc7)c7[nH]c(c(Br)c8nc(c(-c9ccc([N+](=O)[O-])cc9)c9[nH]c5c(CC)c9CC)C(CC)=C8CC)c(CC)c7CC)C(CC)=C6CC)ccc3-4)c3[nH]c(c(CC)c3CC)c1-c1ccc([N+](=O)[O-])cc1)C(CC)=C2CC. The van der Waals surface area contributed by atoms with Crippen molar-refractivity contribution in [2.45, 2.75) is 240 Å². The summed E-state index contributed by atoms with van der Waals surface area (Å²) in [6.07, 6.45) is 12.2. The number of rotatable bonds is 27. The number of aromatic amines is 4. The molecule has 0 saturated carbocycles. The van der Waals surface area contributed by atoms with Gasteiger partial charge in [-0.25, -0.2) is 15.0 Å². The summed E-state index contributed by atoms with van der Waals surface area (Å²) < 4.78 is 1.56. The molecule has 22 heteroatoms. The first-order valence-electron chi connectivity index (χ1n) is 47.8. The van der Waals surface area contributed by atoms with Gasteiger partial charge < -0.3 is 19.9 Å². The van der Waals surface area contributed by atoms with Crippen molar-refractivity contribution in [1.29, 1.82) is 0 Å². The van der Waals surface area contributed by atoms with Crippen LogP contribution < -0.4 is 0 Å². The molecule has 6 aromatic carbocycles. The summed E-state index contributed by atoms with van der Waals surface area (Å²) >= 11 is 8.50. The van der Waals surface area contributed by atoms with Gasteiger partial charge in [-0.1, -0.05) is 155 Å². The predicted octanol–water partition coefficient (Wildman–Crippen LogP) is 32.3. The van der Waals surface area contributed by atoms with Gasteiger partial charge in [0, 0.05) is 87.3 Å². The molecule has 1 aliphatic carbocycles. The first-order chi connectivity index (χ1) is 64.6. The largest absolute Gasteiger partial charge is 0.354 e. The van der Waals surface area contributed by atoms with Crippen molar-refractivity contribution in [3.05, 3.63) is 290 Å². The molecule has 20 nitrogen and oxygen atoms in total. The van der Waals surface area contributed by atoms with Crippen LogP contribution in [-0.2, 0) is 56.8 Å². The number of aryl methyl sites for hydroxylation is 9. The van der Waals surface area contributed by atoms with Gasteiger partial charge in [-0.2, -0.15) is 0 Å². The van der Waals surface area contributed by atoms with Crippen LogP contribution in [0.2, 0.25) is 0 Å². The van der Waals surface area contributed by atoms with Crippen LogP contribution in [0.25, 0.3) is 161 Å². The maximum absolute atomic E-state index is 12.7. The van der Waals surface area contributed by atoms with Gasteiger partial charge >= 0.3 is 0 Å². The van der Waals surface area contributed by atoms with Crippen LogP contribution in [0.4, 0.5) is 22.7 Å². The molecule has 0 spiro atoms. The van der Waals surface area contributed by atoms with E-state index in [0.717, 1.165) is 265 Å². The van der Waals surface area contributed by atoms with Gasteiger partial charge in [0.15, 0.2) is 0 Å². The van der Waals surface area contributed by atoms with Crippen LogP contribution in [-0.4, -0.2) is 59.6 Å². The Bertz CT molecular complexity index is 7360. The molecule has 686 valence electrons. The first kappa shape index (κ1) is 94.3. The number of H-pyrrole nitrogens is 4. The molecule has 134 heavy (non-hydrogen) atoms. The third-order valence-electron chi connectivity index (χ3n) is 28.3. The molecule has 0 atom stereocenters. The quantitative estimate of drug-likeness (QED) is 0.0276. The molecule has 0 unspecified atom stereocenters. The maximum Gasteiger partial charge on any atom is 0.269 e. The molecule has 4 N–H and O–H groups in total. The number of benzene rings is 6. The van der Waals surface area contributed by atoms with Crippen LogP contribution in [0.15, 0.2) is 148 Å². The maximum atomic E-state index is 12.7. The summed E-state index contributed by atoms with van der Waals surface area (Å²) in [5.74, 6) is 0. The molecule has 12 aromatic rings. The molecule has 0 radical (unpaired) electrons. The predicted molar refractivity (Wildman–Crippen MR) is 558 cm³/mol. The van der Waals surface area contributed by atoms with Crippen LogP contribution >= 0.6 is 31.9 Å². The molecule has 16 rings (SSSR count). The Hall–Kier alpha value is -12.9. The van der Waals surface area contributed by atoms with E-state index in [1.165, 1.54) is 0 Å². The lowest BCUT2D eigenvalue weighted by molar-refractivity contribution is -0.385. The minimum atomic E-state index is -0.716. The summed E-state index contributed by atoms with van der Waals surface area (Å²) in [5, 5.41) is 50.7. The first-order valence-corrected chi connectivity index (χ1v) is 49.4. The Morgan fingerprint density at radius 2 is 0.552 bits per heavy atom. The number of aromatic nitrogens is 8. The van der Waals surface area contributed by atoms with Gasteiger partial charge in [0.1, 0.15) is 0 Å². The van der Waals surface area contributed by atoms with E-state index in [9.17, 15) is 40.5 Å². The molecule has 3 aliphatic heterocycles. The summed E-state index contributed by atoms with van der Waals surface area (Å²) in [5.41, 5.74) is 42.6. The van der Waals surface area contributed by atoms with Crippen molar-refractivity contribution in [2.24, 2.45) is 0 Å². The molecule has 0 amide bonds. The Morgan fingerprint density at radius 3 is 0.821 bits per heavy atom. The number of hydrogen-bond acceptors (Lipinski definition) is 12. The Morgan fingerprint density at radius 1 is 0.313 bits per heavy atom. The van der Waals surface area contributed by atoms with Crippen molar-refractivity contribution in [2.75, 3.05) is 0 Å². The van der Waals surface area contributed by atoms with Gasteiger partial charge in [0.25, 0.3) is 22.7 Å². The zero-order valence-electron chi connectivity index (χ0n) is 80.2. The minimum absolute atomic E-state index is 0.0235. The fraction of sp³-hybridized carbons (Fsp3) is 0.321. The van der Waals surface area contributed by atoms with Gasteiger partial charge in [-0.15, -0.1) is 0 Å². The lowest BCUT2D eigenvalue weighted by atomic mass is 9.80. The van der Waals surface area contributed by atoms with Crippen molar-refractivity contribution in [3.8, 4) is 77.9 Å². The summed E-state index contributed by atoms with van der Waals surface area (Å²) in [4.78, 5) is 90.1. The Labute approximate surface area is 799 Å². The highest BCUT2D eigenvalue weighted by Gasteiger charge is 2.40. The van der Waals surface area contributed by atoms with Crippen molar-refractivity contribution in [3.63, 3.8) is 0 Å². The normalized spacial score (nSPS) is 13.2. The van der Waals surface area contributed by atoms with Crippen molar-refractivity contribution in [1.82, 2.24) is 39.9 Å². The molecular weight excluding hydrogens is 1800 g/mol. The van der Waals surface area contributed by atoms with Crippen LogP contribution in [0.5, 0.6) is 0 Å². The number of hydrogen-bond donors (Lipinski definition) is 4. The van der Waals surface area contributed by atoms with Crippen LogP contribution in [0.3, 0.4) is 0 Å². The number of nitrogens with one attached hydrogen (secondary N) is 4. The topological polar surface area (TPSA) is 287 Å². The molecule has 14 bridgehead atoms. The summed E-state index contributed by atoms with van der Waals surface area (Å²) in [7, 11) is 0. The minimum Gasteiger partial charge on any atom is -0.354 e. The molecule has 6 aromatic heterocycles. The fourth-order valence-corrected chi connectivity index (χ4v) is 23.2. The molecule has 0 saturated heterocycles. The van der Waals surface area contributed by atoms with Crippen LogP contribution in [0, 0.1) is 47.4 Å². The number of nitro groups is 4. The lowest BCUT2D eigenvalue weighted by Crippen LogP contribution is -2.15. The van der Waals surface area contributed by atoms with E-state index < -0.39 is 5.41 Å². The van der Waals surface area contributed by atoms with E-state index in [2.05, 4.69) is 219 Å². The molecule has 9 heterocycles. The lowest BCUT2D eigenvalue weighted by Gasteiger charge is -2.23. The van der Waals surface area contributed by atoms with E-state index >= 15 is 0 Å². The average Bonchev–Trinajstić information content (AvgIpc) is 1.55.